The Labute approximate surface area is 184 Å². The number of benzene rings is 2. The number of likely N-dealkylation sites (tertiary alicyclic amines) is 1. The molecule has 3 rings (SSSR count). The van der Waals surface area contributed by atoms with Crippen molar-refractivity contribution in [3.05, 3.63) is 70.7 Å². The van der Waals surface area contributed by atoms with E-state index in [1.807, 2.05) is 54.3 Å². The molecule has 2 atom stereocenters. The van der Waals surface area contributed by atoms with Gasteiger partial charge in [-0.3, -0.25) is 9.59 Å². The lowest BCUT2D eigenvalue weighted by Gasteiger charge is -2.36. The van der Waals surface area contributed by atoms with Crippen LogP contribution in [0.5, 0.6) is 0 Å². The van der Waals surface area contributed by atoms with Gasteiger partial charge in [-0.15, -0.1) is 0 Å². The summed E-state index contributed by atoms with van der Waals surface area (Å²) in [6.45, 7) is 5.52. The monoisotopic (exact) mass is 426 g/mol. The Morgan fingerprint density at radius 2 is 1.70 bits per heavy atom. The molecular formula is C25H31ClN2O2. The van der Waals surface area contributed by atoms with E-state index in [4.69, 9.17) is 11.6 Å². The van der Waals surface area contributed by atoms with Gasteiger partial charge in [-0.2, -0.15) is 0 Å². The van der Waals surface area contributed by atoms with Gasteiger partial charge in [-0.1, -0.05) is 74.3 Å². The molecule has 30 heavy (non-hydrogen) atoms. The van der Waals surface area contributed by atoms with Crippen molar-refractivity contribution in [2.45, 2.75) is 51.5 Å². The van der Waals surface area contributed by atoms with E-state index in [-0.39, 0.29) is 17.7 Å². The summed E-state index contributed by atoms with van der Waals surface area (Å²) in [6, 6.07) is 17.2. The van der Waals surface area contributed by atoms with E-state index in [0.717, 1.165) is 29.8 Å². The molecule has 0 saturated carbocycles. The average molecular weight is 427 g/mol. The van der Waals surface area contributed by atoms with Gasteiger partial charge in [0.15, 0.2) is 0 Å². The highest BCUT2D eigenvalue weighted by Crippen LogP contribution is 2.29. The predicted octanol–water partition coefficient (Wildman–Crippen LogP) is 4.82. The number of amides is 2. The minimum absolute atomic E-state index is 0.0420. The smallest absolute Gasteiger partial charge is 0.245 e. The molecule has 0 aliphatic carbocycles. The number of piperidine rings is 1. The molecule has 5 heteroatoms. The fourth-order valence-corrected chi connectivity index (χ4v) is 4.18. The summed E-state index contributed by atoms with van der Waals surface area (Å²) in [7, 11) is 0. The number of carbonyl (C=O) groups is 2. The minimum atomic E-state index is -0.474. The minimum Gasteiger partial charge on any atom is -0.344 e. The van der Waals surface area contributed by atoms with E-state index in [2.05, 4.69) is 24.4 Å². The van der Waals surface area contributed by atoms with E-state index in [0.29, 0.717) is 25.4 Å². The molecule has 1 aliphatic rings. The van der Waals surface area contributed by atoms with E-state index < -0.39 is 6.04 Å². The van der Waals surface area contributed by atoms with Gasteiger partial charge in [-0.05, 0) is 47.9 Å². The largest absolute Gasteiger partial charge is 0.344 e. The molecule has 4 nitrogen and oxygen atoms in total. The number of rotatable bonds is 7. The fourth-order valence-electron chi connectivity index (χ4n) is 4.05. The Kier molecular flexibility index (Phi) is 7.92. The summed E-state index contributed by atoms with van der Waals surface area (Å²) in [5, 5.41) is 3.76. The third kappa shape index (κ3) is 5.85. The first kappa shape index (κ1) is 22.4. The molecule has 1 heterocycles. The van der Waals surface area contributed by atoms with Crippen LogP contribution in [0.4, 0.5) is 0 Å². The molecule has 2 aromatic carbocycles. The van der Waals surface area contributed by atoms with Crippen LogP contribution < -0.4 is 5.32 Å². The molecule has 1 fully saturated rings. The van der Waals surface area contributed by atoms with Gasteiger partial charge >= 0.3 is 0 Å². The topological polar surface area (TPSA) is 49.4 Å². The molecular weight excluding hydrogens is 396 g/mol. The maximum Gasteiger partial charge on any atom is 0.245 e. The van der Waals surface area contributed by atoms with Crippen LogP contribution in [0.25, 0.3) is 0 Å². The van der Waals surface area contributed by atoms with Crippen LogP contribution in [-0.2, 0) is 16.0 Å². The number of halogens is 1. The highest BCUT2D eigenvalue weighted by molar-refractivity contribution is 6.30. The molecule has 1 aliphatic heterocycles. The summed E-state index contributed by atoms with van der Waals surface area (Å²) < 4.78 is 0. The summed E-state index contributed by atoms with van der Waals surface area (Å²) in [5.74, 6) is 0.475. The van der Waals surface area contributed by atoms with E-state index in [1.54, 1.807) is 0 Å². The van der Waals surface area contributed by atoms with Crippen molar-refractivity contribution in [2.24, 2.45) is 5.92 Å². The molecule has 0 unspecified atom stereocenters. The molecule has 2 amide bonds. The average Bonchev–Trinajstić information content (AvgIpc) is 2.78. The summed E-state index contributed by atoms with van der Waals surface area (Å²) in [5.41, 5.74) is 2.23. The first-order valence-corrected chi connectivity index (χ1v) is 11.2. The zero-order chi connectivity index (χ0) is 21.5. The van der Waals surface area contributed by atoms with Crippen molar-refractivity contribution in [3.63, 3.8) is 0 Å². The van der Waals surface area contributed by atoms with Crippen molar-refractivity contribution < 1.29 is 9.59 Å². The Hall–Kier alpha value is -2.33. The van der Waals surface area contributed by atoms with Crippen LogP contribution in [0.15, 0.2) is 54.6 Å². The number of nitrogens with one attached hydrogen (secondary N) is 1. The SMILES string of the molecule is CC[C@@H](C)[C@@H](NC(=O)Cc1ccccc1)C(=O)N1CCC(c2ccc(Cl)cc2)CC1. The second-order valence-electron chi connectivity index (χ2n) is 8.24. The van der Waals surface area contributed by atoms with Gasteiger partial charge < -0.3 is 10.2 Å². The Bertz CT molecular complexity index is 830. The molecule has 0 radical (unpaired) electrons. The van der Waals surface area contributed by atoms with Crippen molar-refractivity contribution in [2.75, 3.05) is 13.1 Å². The third-order valence-corrected chi connectivity index (χ3v) is 6.40. The normalized spacial score (nSPS) is 16.7. The van der Waals surface area contributed by atoms with Gasteiger partial charge in [0.05, 0.1) is 6.42 Å². The van der Waals surface area contributed by atoms with Crippen LogP contribution in [-0.4, -0.2) is 35.8 Å². The van der Waals surface area contributed by atoms with Gasteiger partial charge in [0.2, 0.25) is 11.8 Å². The predicted molar refractivity (Wildman–Crippen MR) is 122 cm³/mol. The van der Waals surface area contributed by atoms with Gasteiger partial charge in [0.1, 0.15) is 6.04 Å². The maximum atomic E-state index is 13.3. The number of carbonyl (C=O) groups excluding carboxylic acids is 2. The second kappa shape index (κ2) is 10.6. The first-order valence-electron chi connectivity index (χ1n) is 10.9. The molecule has 1 saturated heterocycles. The van der Waals surface area contributed by atoms with Crippen molar-refractivity contribution >= 4 is 23.4 Å². The molecule has 1 N–H and O–H groups in total. The van der Waals surface area contributed by atoms with Crippen LogP contribution in [0.2, 0.25) is 5.02 Å². The zero-order valence-corrected chi connectivity index (χ0v) is 18.6. The quantitative estimate of drug-likeness (QED) is 0.690. The summed E-state index contributed by atoms with van der Waals surface area (Å²) in [6.07, 6.45) is 2.99. The molecule has 0 bridgehead atoms. The lowest BCUT2D eigenvalue weighted by atomic mass is 9.88. The van der Waals surface area contributed by atoms with Gasteiger partial charge in [0.25, 0.3) is 0 Å². The van der Waals surface area contributed by atoms with Crippen molar-refractivity contribution in [1.29, 1.82) is 0 Å². The van der Waals surface area contributed by atoms with Gasteiger partial charge in [0, 0.05) is 18.1 Å². The van der Waals surface area contributed by atoms with Crippen molar-refractivity contribution in [3.8, 4) is 0 Å². The molecule has 0 aromatic heterocycles. The third-order valence-electron chi connectivity index (χ3n) is 6.15. The van der Waals surface area contributed by atoms with Crippen LogP contribution in [0.1, 0.15) is 50.2 Å². The van der Waals surface area contributed by atoms with Crippen LogP contribution in [0.3, 0.4) is 0 Å². The molecule has 160 valence electrons. The summed E-state index contributed by atoms with van der Waals surface area (Å²) in [4.78, 5) is 27.8. The highest BCUT2D eigenvalue weighted by atomic mass is 35.5. The maximum absolute atomic E-state index is 13.3. The zero-order valence-electron chi connectivity index (χ0n) is 17.8. The number of nitrogens with zero attached hydrogens (tertiary/aromatic N) is 1. The lowest BCUT2D eigenvalue weighted by molar-refractivity contribution is -0.138. The van der Waals surface area contributed by atoms with E-state index >= 15 is 0 Å². The van der Waals surface area contributed by atoms with Crippen molar-refractivity contribution in [1.82, 2.24) is 10.2 Å². The molecule has 0 spiro atoms. The fraction of sp³-hybridized carbons (Fsp3) is 0.440. The Morgan fingerprint density at radius 1 is 1.07 bits per heavy atom. The van der Waals surface area contributed by atoms with Crippen LogP contribution in [0, 0.1) is 5.92 Å². The second-order valence-corrected chi connectivity index (χ2v) is 8.68. The van der Waals surface area contributed by atoms with Gasteiger partial charge in [-0.25, -0.2) is 0 Å². The van der Waals surface area contributed by atoms with E-state index in [9.17, 15) is 9.59 Å². The lowest BCUT2D eigenvalue weighted by Crippen LogP contribution is -2.53. The first-order chi connectivity index (χ1) is 14.5. The molecule has 2 aromatic rings. The number of hydrogen-bond donors (Lipinski definition) is 1. The highest BCUT2D eigenvalue weighted by Gasteiger charge is 2.32. The van der Waals surface area contributed by atoms with Crippen LogP contribution >= 0.6 is 11.6 Å². The van der Waals surface area contributed by atoms with E-state index in [1.165, 1.54) is 5.56 Å². The Balaban J connectivity index is 1.60. The summed E-state index contributed by atoms with van der Waals surface area (Å²) >= 11 is 6.00. The standard InChI is InChI=1S/C25H31ClN2O2/c1-3-18(2)24(27-23(29)17-19-7-5-4-6-8-19)25(30)28-15-13-21(14-16-28)20-9-11-22(26)12-10-20/h4-12,18,21,24H,3,13-17H2,1-2H3,(H,27,29)/t18-,24-/m1/s1. The Morgan fingerprint density at radius 3 is 2.30 bits per heavy atom. The number of hydrogen-bond acceptors (Lipinski definition) is 2.